The smallest absolute Gasteiger partial charge is 0.327 e. The highest BCUT2D eigenvalue weighted by molar-refractivity contribution is 5.77. The molecule has 1 atom stereocenters. The Morgan fingerprint density at radius 3 is 2.70 bits per heavy atom. The summed E-state index contributed by atoms with van der Waals surface area (Å²) >= 11 is 0. The van der Waals surface area contributed by atoms with E-state index in [1.165, 1.54) is 7.11 Å². The Kier molecular flexibility index (Phi) is 4.78. The Morgan fingerprint density at radius 2 is 1.91 bits per heavy atom. The number of carbonyl (C=O) groups excluding carboxylic acids is 1. The van der Waals surface area contributed by atoms with Crippen molar-refractivity contribution >= 4 is 5.97 Å². The number of para-hydroxylation sites is 1. The van der Waals surface area contributed by atoms with Crippen LogP contribution in [0.4, 0.5) is 0 Å². The second-order valence-corrected chi connectivity index (χ2v) is 5.19. The zero-order chi connectivity index (χ0) is 16.1. The molecule has 5 heteroatoms. The van der Waals surface area contributed by atoms with Gasteiger partial charge in [-0.2, -0.15) is 0 Å². The average Bonchev–Trinajstić information content (AvgIpc) is 2.62. The zero-order valence-corrected chi connectivity index (χ0v) is 13.0. The molecule has 1 heterocycles. The fourth-order valence-corrected chi connectivity index (χ4v) is 2.59. The van der Waals surface area contributed by atoms with E-state index < -0.39 is 6.04 Å². The molecule has 0 fully saturated rings. The molecule has 23 heavy (non-hydrogen) atoms. The van der Waals surface area contributed by atoms with Gasteiger partial charge in [0.1, 0.15) is 19.3 Å². The Balaban J connectivity index is 1.78. The minimum Gasteiger partial charge on any atom is -0.486 e. The fourth-order valence-electron chi connectivity index (χ4n) is 2.59. The summed E-state index contributed by atoms with van der Waals surface area (Å²) in [6.45, 7) is 1.56. The number of esters is 1. The molecule has 120 valence electrons. The third kappa shape index (κ3) is 3.46. The predicted octanol–water partition coefficient (Wildman–Crippen LogP) is 2.46. The maximum atomic E-state index is 12.1. The first kappa shape index (κ1) is 15.4. The van der Waals surface area contributed by atoms with E-state index in [1.807, 2.05) is 48.5 Å². The van der Waals surface area contributed by atoms with Crippen LogP contribution in [-0.4, -0.2) is 26.3 Å². The van der Waals surface area contributed by atoms with Crippen molar-refractivity contribution in [1.82, 2.24) is 5.32 Å². The van der Waals surface area contributed by atoms with E-state index >= 15 is 0 Å². The number of rotatable bonds is 5. The molecular formula is C18H19NO4. The summed E-state index contributed by atoms with van der Waals surface area (Å²) < 4.78 is 16.2. The van der Waals surface area contributed by atoms with Crippen molar-refractivity contribution in [3.8, 4) is 11.5 Å². The summed E-state index contributed by atoms with van der Waals surface area (Å²) in [7, 11) is 1.39. The van der Waals surface area contributed by atoms with Gasteiger partial charge < -0.3 is 14.2 Å². The lowest BCUT2D eigenvalue weighted by atomic mass is 10.1. The standard InChI is InChI=1S/C18H19NO4/c1-21-18(20)16(13-6-3-2-4-7-13)19-12-14-8-5-9-15-17(14)23-11-10-22-15/h2-9,16,19H,10-12H2,1H3/t16-/m1/s1. The molecule has 0 spiro atoms. The van der Waals surface area contributed by atoms with Crippen molar-refractivity contribution in [3.05, 3.63) is 59.7 Å². The SMILES string of the molecule is COC(=O)[C@H](NCc1cccc2c1OCCO2)c1ccccc1. The molecule has 0 aromatic heterocycles. The lowest BCUT2D eigenvalue weighted by Crippen LogP contribution is -2.29. The molecule has 0 aliphatic carbocycles. The summed E-state index contributed by atoms with van der Waals surface area (Å²) in [4.78, 5) is 12.1. The van der Waals surface area contributed by atoms with Crippen molar-refractivity contribution in [2.75, 3.05) is 20.3 Å². The van der Waals surface area contributed by atoms with Gasteiger partial charge in [-0.1, -0.05) is 42.5 Å². The van der Waals surface area contributed by atoms with E-state index in [2.05, 4.69) is 5.32 Å². The number of hydrogen-bond donors (Lipinski definition) is 1. The van der Waals surface area contributed by atoms with Crippen molar-refractivity contribution < 1.29 is 19.0 Å². The molecule has 1 aliphatic rings. The summed E-state index contributed by atoms with van der Waals surface area (Å²) in [6, 6.07) is 14.7. The molecule has 0 saturated heterocycles. The zero-order valence-electron chi connectivity index (χ0n) is 13.0. The number of methoxy groups -OCH3 is 1. The molecule has 5 nitrogen and oxygen atoms in total. The quantitative estimate of drug-likeness (QED) is 0.859. The molecule has 2 aromatic rings. The van der Waals surface area contributed by atoms with Gasteiger partial charge in [0, 0.05) is 12.1 Å². The van der Waals surface area contributed by atoms with Crippen molar-refractivity contribution in [1.29, 1.82) is 0 Å². The Bertz CT molecular complexity index is 672. The Morgan fingerprint density at radius 1 is 1.13 bits per heavy atom. The highest BCUT2D eigenvalue weighted by Gasteiger charge is 2.22. The van der Waals surface area contributed by atoms with Gasteiger partial charge in [-0.15, -0.1) is 0 Å². The number of nitrogens with one attached hydrogen (secondary N) is 1. The molecule has 0 amide bonds. The molecule has 3 rings (SSSR count). The first-order valence-corrected chi connectivity index (χ1v) is 7.53. The molecule has 2 aromatic carbocycles. The van der Waals surface area contributed by atoms with Gasteiger partial charge in [0.05, 0.1) is 7.11 Å². The Hall–Kier alpha value is -2.53. The molecular weight excluding hydrogens is 294 g/mol. The normalized spacial score (nSPS) is 14.1. The van der Waals surface area contributed by atoms with Gasteiger partial charge in [0.25, 0.3) is 0 Å². The van der Waals surface area contributed by atoms with Crippen LogP contribution in [0.2, 0.25) is 0 Å². The molecule has 0 radical (unpaired) electrons. The van der Waals surface area contributed by atoms with E-state index in [1.54, 1.807) is 0 Å². The average molecular weight is 313 g/mol. The lowest BCUT2D eigenvalue weighted by Gasteiger charge is -2.22. The number of benzene rings is 2. The van der Waals surface area contributed by atoms with Crippen molar-refractivity contribution in [3.63, 3.8) is 0 Å². The van der Waals surface area contributed by atoms with Crippen LogP contribution in [0.25, 0.3) is 0 Å². The van der Waals surface area contributed by atoms with E-state index in [0.29, 0.717) is 19.8 Å². The van der Waals surface area contributed by atoms with Gasteiger partial charge in [-0.25, -0.2) is 4.79 Å². The van der Waals surface area contributed by atoms with Gasteiger partial charge in [-0.3, -0.25) is 5.32 Å². The molecule has 0 saturated carbocycles. The van der Waals surface area contributed by atoms with E-state index in [4.69, 9.17) is 14.2 Å². The first-order valence-electron chi connectivity index (χ1n) is 7.53. The highest BCUT2D eigenvalue weighted by Crippen LogP contribution is 2.33. The van der Waals surface area contributed by atoms with Crippen LogP contribution in [-0.2, 0) is 16.1 Å². The molecule has 0 unspecified atom stereocenters. The van der Waals surface area contributed by atoms with E-state index in [0.717, 1.165) is 22.6 Å². The van der Waals surface area contributed by atoms with Crippen LogP contribution in [0, 0.1) is 0 Å². The monoisotopic (exact) mass is 313 g/mol. The number of fused-ring (bicyclic) bond motifs is 1. The topological polar surface area (TPSA) is 56.8 Å². The van der Waals surface area contributed by atoms with Gasteiger partial charge in [0.2, 0.25) is 0 Å². The maximum Gasteiger partial charge on any atom is 0.327 e. The summed E-state index contributed by atoms with van der Waals surface area (Å²) in [6.07, 6.45) is 0. The Labute approximate surface area is 135 Å². The minimum absolute atomic E-state index is 0.321. The van der Waals surface area contributed by atoms with Crippen LogP contribution in [0.3, 0.4) is 0 Å². The van der Waals surface area contributed by atoms with E-state index in [-0.39, 0.29) is 5.97 Å². The molecule has 1 N–H and O–H groups in total. The number of hydrogen-bond acceptors (Lipinski definition) is 5. The molecule has 0 bridgehead atoms. The number of ether oxygens (including phenoxy) is 3. The second-order valence-electron chi connectivity index (χ2n) is 5.19. The molecule has 1 aliphatic heterocycles. The van der Waals surface area contributed by atoms with Crippen LogP contribution >= 0.6 is 0 Å². The number of carbonyl (C=O) groups is 1. The highest BCUT2D eigenvalue weighted by atomic mass is 16.6. The predicted molar refractivity (Wildman–Crippen MR) is 85.5 cm³/mol. The van der Waals surface area contributed by atoms with Crippen LogP contribution < -0.4 is 14.8 Å². The third-order valence-corrected chi connectivity index (χ3v) is 3.71. The fraction of sp³-hybridized carbons (Fsp3) is 0.278. The lowest BCUT2D eigenvalue weighted by molar-refractivity contribution is -0.143. The summed E-state index contributed by atoms with van der Waals surface area (Å²) in [5.41, 5.74) is 1.81. The van der Waals surface area contributed by atoms with Crippen molar-refractivity contribution in [2.24, 2.45) is 0 Å². The first-order chi connectivity index (χ1) is 11.3. The van der Waals surface area contributed by atoms with Gasteiger partial charge in [-0.05, 0) is 11.6 Å². The summed E-state index contributed by atoms with van der Waals surface area (Å²) in [5.74, 6) is 1.16. The van der Waals surface area contributed by atoms with E-state index in [9.17, 15) is 4.79 Å². The van der Waals surface area contributed by atoms with Gasteiger partial charge >= 0.3 is 5.97 Å². The maximum absolute atomic E-state index is 12.1. The minimum atomic E-state index is -0.526. The van der Waals surface area contributed by atoms with Crippen LogP contribution in [0.15, 0.2) is 48.5 Å². The van der Waals surface area contributed by atoms with Crippen LogP contribution in [0.1, 0.15) is 17.2 Å². The largest absolute Gasteiger partial charge is 0.486 e. The van der Waals surface area contributed by atoms with Crippen LogP contribution in [0.5, 0.6) is 11.5 Å². The van der Waals surface area contributed by atoms with Gasteiger partial charge in [0.15, 0.2) is 11.5 Å². The van der Waals surface area contributed by atoms with Crippen molar-refractivity contribution in [2.45, 2.75) is 12.6 Å². The summed E-state index contributed by atoms with van der Waals surface area (Å²) in [5, 5.41) is 3.24. The third-order valence-electron chi connectivity index (χ3n) is 3.71. The second kappa shape index (κ2) is 7.15.